The number of thioether (sulfide) groups is 2. The third-order valence-electron chi connectivity index (χ3n) is 5.30. The molecule has 33 heavy (non-hydrogen) atoms. The van der Waals surface area contributed by atoms with Gasteiger partial charge >= 0.3 is 0 Å². The van der Waals surface area contributed by atoms with E-state index in [-0.39, 0.29) is 36.4 Å². The molecule has 2 heterocycles. The molecule has 2 aromatic rings. The van der Waals surface area contributed by atoms with Crippen molar-refractivity contribution in [3.05, 3.63) is 60.2 Å². The predicted molar refractivity (Wildman–Crippen MR) is 133 cm³/mol. The number of imide groups is 1. The van der Waals surface area contributed by atoms with Crippen LogP contribution in [0.2, 0.25) is 0 Å². The minimum atomic E-state index is -0.837. The topological polar surface area (TPSA) is 79.3 Å². The monoisotopic (exact) mass is 483 g/mol. The SMILES string of the molecule is CCOc1ccc(N2C(=O)CC(N(Cc3ccccc3)C(=O)CSC3=NCCS3)C2=O)cc1. The number of carbonyl (C=O) groups excluding carboxylic acids is 3. The molecule has 0 radical (unpaired) electrons. The summed E-state index contributed by atoms with van der Waals surface area (Å²) in [5.74, 6) is 0.895. The van der Waals surface area contributed by atoms with Crippen LogP contribution < -0.4 is 9.64 Å². The summed E-state index contributed by atoms with van der Waals surface area (Å²) >= 11 is 3.03. The van der Waals surface area contributed by atoms with Crippen molar-refractivity contribution in [2.75, 3.05) is 29.6 Å². The number of nitrogens with zero attached hydrogens (tertiary/aromatic N) is 3. The number of hydrogen-bond acceptors (Lipinski definition) is 7. The van der Waals surface area contributed by atoms with E-state index in [0.29, 0.717) is 18.0 Å². The van der Waals surface area contributed by atoms with Gasteiger partial charge in [-0.25, -0.2) is 4.90 Å². The van der Waals surface area contributed by atoms with Gasteiger partial charge in [-0.05, 0) is 36.8 Å². The molecule has 1 atom stereocenters. The molecule has 2 aliphatic heterocycles. The van der Waals surface area contributed by atoms with E-state index in [0.717, 1.165) is 22.2 Å². The summed E-state index contributed by atoms with van der Waals surface area (Å²) < 4.78 is 6.34. The Hall–Kier alpha value is -2.78. The minimum absolute atomic E-state index is 0.0367. The average Bonchev–Trinajstić information content (AvgIpc) is 3.45. The van der Waals surface area contributed by atoms with Crippen LogP contribution >= 0.6 is 23.5 Å². The van der Waals surface area contributed by atoms with Crippen molar-refractivity contribution in [2.45, 2.75) is 25.9 Å². The van der Waals surface area contributed by atoms with E-state index in [1.165, 1.54) is 21.6 Å². The molecule has 0 aliphatic carbocycles. The molecule has 1 saturated heterocycles. The second kappa shape index (κ2) is 10.9. The van der Waals surface area contributed by atoms with Crippen molar-refractivity contribution in [1.82, 2.24) is 4.90 Å². The number of rotatable bonds is 8. The number of amides is 3. The lowest BCUT2D eigenvalue weighted by Gasteiger charge is -2.28. The minimum Gasteiger partial charge on any atom is -0.494 e. The van der Waals surface area contributed by atoms with Gasteiger partial charge in [0, 0.05) is 12.3 Å². The van der Waals surface area contributed by atoms with Crippen LogP contribution in [0.1, 0.15) is 18.9 Å². The molecular weight excluding hydrogens is 458 g/mol. The normalized spacial score (nSPS) is 17.9. The summed E-state index contributed by atoms with van der Waals surface area (Å²) in [6, 6.07) is 15.5. The van der Waals surface area contributed by atoms with E-state index in [4.69, 9.17) is 4.74 Å². The van der Waals surface area contributed by atoms with Crippen LogP contribution in [-0.4, -0.2) is 57.7 Å². The number of carbonyl (C=O) groups is 3. The number of anilines is 1. The summed E-state index contributed by atoms with van der Waals surface area (Å²) in [6.07, 6.45) is -0.0367. The van der Waals surface area contributed by atoms with Crippen LogP contribution in [0.5, 0.6) is 5.75 Å². The first-order valence-electron chi connectivity index (χ1n) is 10.8. The molecule has 4 rings (SSSR count). The second-order valence-electron chi connectivity index (χ2n) is 7.51. The molecule has 0 bridgehead atoms. The molecule has 9 heteroatoms. The van der Waals surface area contributed by atoms with Crippen LogP contribution in [0.4, 0.5) is 5.69 Å². The fourth-order valence-electron chi connectivity index (χ4n) is 3.75. The number of hydrogen-bond donors (Lipinski definition) is 0. The van der Waals surface area contributed by atoms with Crippen LogP contribution in [0, 0.1) is 0 Å². The number of benzene rings is 2. The summed E-state index contributed by atoms with van der Waals surface area (Å²) in [4.78, 5) is 46.6. The first kappa shape index (κ1) is 23.4. The molecule has 0 aromatic heterocycles. The Balaban J connectivity index is 1.54. The van der Waals surface area contributed by atoms with Crippen LogP contribution in [0.3, 0.4) is 0 Å². The highest BCUT2D eigenvalue weighted by Crippen LogP contribution is 2.29. The molecule has 0 saturated carbocycles. The van der Waals surface area contributed by atoms with Crippen molar-refractivity contribution in [3.63, 3.8) is 0 Å². The zero-order chi connectivity index (χ0) is 23.2. The molecular formula is C24H25N3O4S2. The smallest absolute Gasteiger partial charge is 0.257 e. The fourth-order valence-corrected chi connectivity index (χ4v) is 5.65. The molecule has 2 aliphatic rings. The summed E-state index contributed by atoms with van der Waals surface area (Å²) in [5, 5.41) is 0. The van der Waals surface area contributed by atoms with Gasteiger partial charge in [-0.2, -0.15) is 0 Å². The third-order valence-corrected chi connectivity index (χ3v) is 7.54. The van der Waals surface area contributed by atoms with Crippen molar-refractivity contribution < 1.29 is 19.1 Å². The standard InChI is InChI=1S/C24H25N3O4S2/c1-2-31-19-10-8-18(9-11-19)27-21(28)14-20(23(27)30)26(15-17-6-4-3-5-7-17)22(29)16-33-24-25-12-13-32-24/h3-11,20H,2,12-16H2,1H3. The van der Waals surface area contributed by atoms with Gasteiger partial charge in [-0.1, -0.05) is 53.9 Å². The van der Waals surface area contributed by atoms with Crippen molar-refractivity contribution >= 4 is 51.3 Å². The van der Waals surface area contributed by atoms with E-state index in [9.17, 15) is 14.4 Å². The lowest BCUT2D eigenvalue weighted by molar-refractivity contribution is -0.136. The van der Waals surface area contributed by atoms with Crippen LogP contribution in [0.25, 0.3) is 0 Å². The van der Waals surface area contributed by atoms with Gasteiger partial charge in [0.1, 0.15) is 16.2 Å². The lowest BCUT2D eigenvalue weighted by atomic mass is 10.1. The Morgan fingerprint density at radius 2 is 1.94 bits per heavy atom. The van der Waals surface area contributed by atoms with E-state index in [1.54, 1.807) is 36.0 Å². The Kier molecular flexibility index (Phi) is 7.72. The van der Waals surface area contributed by atoms with Gasteiger partial charge in [0.05, 0.1) is 31.0 Å². The third kappa shape index (κ3) is 5.59. The number of aliphatic imine (C=N–C) groups is 1. The quantitative estimate of drug-likeness (QED) is 0.534. The zero-order valence-corrected chi connectivity index (χ0v) is 19.9. The average molecular weight is 484 g/mol. The van der Waals surface area contributed by atoms with Gasteiger partial charge in [-0.15, -0.1) is 0 Å². The van der Waals surface area contributed by atoms with E-state index in [2.05, 4.69) is 4.99 Å². The molecule has 2 aromatic carbocycles. The lowest BCUT2D eigenvalue weighted by Crippen LogP contribution is -2.45. The summed E-state index contributed by atoms with van der Waals surface area (Å²) in [6.45, 7) is 3.45. The predicted octanol–water partition coefficient (Wildman–Crippen LogP) is 3.58. The molecule has 3 amide bonds. The van der Waals surface area contributed by atoms with Gasteiger partial charge in [0.15, 0.2) is 0 Å². The van der Waals surface area contributed by atoms with E-state index in [1.807, 2.05) is 37.3 Å². The Morgan fingerprint density at radius 1 is 1.18 bits per heavy atom. The van der Waals surface area contributed by atoms with Crippen LogP contribution in [-0.2, 0) is 20.9 Å². The van der Waals surface area contributed by atoms with Gasteiger partial charge in [0.25, 0.3) is 5.91 Å². The Morgan fingerprint density at radius 3 is 2.61 bits per heavy atom. The van der Waals surface area contributed by atoms with Crippen molar-refractivity contribution in [2.24, 2.45) is 4.99 Å². The maximum absolute atomic E-state index is 13.4. The first-order valence-corrected chi connectivity index (χ1v) is 12.8. The van der Waals surface area contributed by atoms with E-state index < -0.39 is 6.04 Å². The molecule has 1 fully saturated rings. The summed E-state index contributed by atoms with van der Waals surface area (Å²) in [5.41, 5.74) is 1.39. The van der Waals surface area contributed by atoms with Gasteiger partial charge < -0.3 is 9.64 Å². The maximum atomic E-state index is 13.4. The Bertz CT molecular complexity index is 1040. The van der Waals surface area contributed by atoms with Gasteiger partial charge in [-0.3, -0.25) is 19.4 Å². The highest BCUT2D eigenvalue weighted by atomic mass is 32.2. The maximum Gasteiger partial charge on any atom is 0.257 e. The highest BCUT2D eigenvalue weighted by molar-refractivity contribution is 8.39. The molecule has 0 spiro atoms. The van der Waals surface area contributed by atoms with Gasteiger partial charge in [0.2, 0.25) is 11.8 Å². The molecule has 0 N–H and O–H groups in total. The van der Waals surface area contributed by atoms with E-state index >= 15 is 0 Å². The van der Waals surface area contributed by atoms with Crippen molar-refractivity contribution in [3.8, 4) is 5.75 Å². The Labute approximate surface area is 201 Å². The first-order chi connectivity index (χ1) is 16.1. The fraction of sp³-hybridized carbons (Fsp3) is 0.333. The zero-order valence-electron chi connectivity index (χ0n) is 18.3. The summed E-state index contributed by atoms with van der Waals surface area (Å²) in [7, 11) is 0. The number of ether oxygens (including phenoxy) is 1. The van der Waals surface area contributed by atoms with Crippen molar-refractivity contribution in [1.29, 1.82) is 0 Å². The molecule has 7 nitrogen and oxygen atoms in total. The highest BCUT2D eigenvalue weighted by Gasteiger charge is 2.44. The molecule has 172 valence electrons. The second-order valence-corrected chi connectivity index (χ2v) is 9.81. The molecule has 1 unspecified atom stereocenters. The largest absolute Gasteiger partial charge is 0.494 e. The van der Waals surface area contributed by atoms with Crippen LogP contribution in [0.15, 0.2) is 59.6 Å².